The zero-order chi connectivity index (χ0) is 13.9. The van der Waals surface area contributed by atoms with Crippen LogP contribution in [0.4, 0.5) is 0 Å². The van der Waals surface area contributed by atoms with Gasteiger partial charge in [0.2, 0.25) is 0 Å². The third kappa shape index (κ3) is 7.31. The van der Waals surface area contributed by atoms with Gasteiger partial charge in [0.15, 0.2) is 0 Å². The molecule has 1 aliphatic rings. The maximum Gasteiger partial charge on any atom is 0.0590 e. The fraction of sp³-hybridized carbons (Fsp3) is 1.00. The number of nitrogens with one attached hydrogen (secondary N) is 1. The molecule has 0 aromatic heterocycles. The molecule has 3 atom stereocenters. The topological polar surface area (TPSA) is 21.3 Å². The summed E-state index contributed by atoms with van der Waals surface area (Å²) in [6.07, 6.45) is 12.4. The standard InChI is InChI=1S/C17H35NO/c1-4-7-10-15(5-2)13-16(18-6-3)14-17-11-8-9-12-19-17/h15-18H,4-14H2,1-3H3. The van der Waals surface area contributed by atoms with Crippen molar-refractivity contribution in [3.05, 3.63) is 0 Å². The Morgan fingerprint density at radius 1 is 1.21 bits per heavy atom. The molecular formula is C17H35NO. The molecule has 0 aromatic carbocycles. The molecule has 0 amide bonds. The Balaban J connectivity index is 2.36. The minimum absolute atomic E-state index is 0.515. The molecule has 1 N–H and O–H groups in total. The van der Waals surface area contributed by atoms with Crippen molar-refractivity contribution >= 4 is 0 Å². The van der Waals surface area contributed by atoms with E-state index in [0.717, 1.165) is 19.1 Å². The molecule has 114 valence electrons. The number of ether oxygens (including phenoxy) is 1. The highest BCUT2D eigenvalue weighted by Crippen LogP contribution is 2.23. The first kappa shape index (κ1) is 17.0. The Hall–Kier alpha value is -0.0800. The molecule has 1 fully saturated rings. The zero-order valence-corrected chi connectivity index (χ0v) is 13.4. The molecule has 1 rings (SSSR count). The third-order valence-corrected chi connectivity index (χ3v) is 4.48. The number of hydrogen-bond donors (Lipinski definition) is 1. The van der Waals surface area contributed by atoms with Gasteiger partial charge in [-0.3, -0.25) is 0 Å². The maximum atomic E-state index is 5.91. The van der Waals surface area contributed by atoms with Crippen LogP contribution in [0.5, 0.6) is 0 Å². The Labute approximate surface area is 120 Å². The quantitative estimate of drug-likeness (QED) is 0.629. The smallest absolute Gasteiger partial charge is 0.0590 e. The van der Waals surface area contributed by atoms with E-state index >= 15 is 0 Å². The number of hydrogen-bond acceptors (Lipinski definition) is 2. The van der Waals surface area contributed by atoms with Gasteiger partial charge < -0.3 is 10.1 Å². The zero-order valence-electron chi connectivity index (χ0n) is 13.4. The molecule has 19 heavy (non-hydrogen) atoms. The monoisotopic (exact) mass is 269 g/mol. The second kappa shape index (κ2) is 10.7. The van der Waals surface area contributed by atoms with Crippen molar-refractivity contribution < 1.29 is 4.74 Å². The predicted octanol–water partition coefficient (Wildman–Crippen LogP) is 4.53. The van der Waals surface area contributed by atoms with Gasteiger partial charge in [0.05, 0.1) is 6.10 Å². The van der Waals surface area contributed by atoms with E-state index in [4.69, 9.17) is 4.74 Å². The second-order valence-electron chi connectivity index (χ2n) is 6.13. The van der Waals surface area contributed by atoms with Crippen molar-refractivity contribution in [2.75, 3.05) is 13.2 Å². The van der Waals surface area contributed by atoms with Gasteiger partial charge in [0.25, 0.3) is 0 Å². The van der Waals surface area contributed by atoms with Gasteiger partial charge in [-0.15, -0.1) is 0 Å². The summed E-state index contributed by atoms with van der Waals surface area (Å²) in [5, 5.41) is 3.69. The second-order valence-corrected chi connectivity index (χ2v) is 6.13. The minimum Gasteiger partial charge on any atom is -0.378 e. The maximum absolute atomic E-state index is 5.91. The number of rotatable bonds is 10. The molecule has 0 spiro atoms. The van der Waals surface area contributed by atoms with Crippen molar-refractivity contribution in [2.24, 2.45) is 5.92 Å². The molecule has 0 bridgehead atoms. The summed E-state index contributed by atoms with van der Waals surface area (Å²) in [5.74, 6) is 0.896. The van der Waals surface area contributed by atoms with Gasteiger partial charge in [0, 0.05) is 12.6 Å². The Bertz CT molecular complexity index is 201. The molecule has 1 saturated heterocycles. The van der Waals surface area contributed by atoms with Crippen LogP contribution in [0.3, 0.4) is 0 Å². The van der Waals surface area contributed by atoms with Gasteiger partial charge in [-0.2, -0.15) is 0 Å². The highest BCUT2D eigenvalue weighted by atomic mass is 16.5. The van der Waals surface area contributed by atoms with Crippen LogP contribution in [0.15, 0.2) is 0 Å². The van der Waals surface area contributed by atoms with E-state index in [1.807, 2.05) is 0 Å². The van der Waals surface area contributed by atoms with E-state index in [9.17, 15) is 0 Å². The van der Waals surface area contributed by atoms with Crippen molar-refractivity contribution in [1.82, 2.24) is 5.32 Å². The molecule has 0 aromatic rings. The van der Waals surface area contributed by atoms with E-state index in [-0.39, 0.29) is 0 Å². The largest absolute Gasteiger partial charge is 0.378 e. The van der Waals surface area contributed by atoms with Crippen LogP contribution < -0.4 is 5.32 Å². The summed E-state index contributed by atoms with van der Waals surface area (Å²) < 4.78 is 5.91. The van der Waals surface area contributed by atoms with Crippen LogP contribution in [-0.2, 0) is 4.74 Å². The first-order chi connectivity index (χ1) is 9.30. The van der Waals surface area contributed by atoms with Gasteiger partial charge in [-0.1, -0.05) is 46.5 Å². The lowest BCUT2D eigenvalue weighted by atomic mass is 9.89. The predicted molar refractivity (Wildman–Crippen MR) is 83.6 cm³/mol. The highest BCUT2D eigenvalue weighted by Gasteiger charge is 2.21. The molecule has 3 unspecified atom stereocenters. The van der Waals surface area contributed by atoms with Gasteiger partial charge >= 0.3 is 0 Å². The Morgan fingerprint density at radius 2 is 2.05 bits per heavy atom. The van der Waals surface area contributed by atoms with E-state index in [0.29, 0.717) is 12.1 Å². The minimum atomic E-state index is 0.515. The molecule has 0 aliphatic carbocycles. The molecule has 2 heteroatoms. The SMILES string of the molecule is CCCCC(CC)CC(CC1CCCCO1)NCC. The Kier molecular flexibility index (Phi) is 9.54. The van der Waals surface area contributed by atoms with Gasteiger partial charge in [0.1, 0.15) is 0 Å². The molecule has 1 heterocycles. The Morgan fingerprint density at radius 3 is 2.63 bits per heavy atom. The highest BCUT2D eigenvalue weighted by molar-refractivity contribution is 4.77. The average molecular weight is 269 g/mol. The van der Waals surface area contributed by atoms with E-state index < -0.39 is 0 Å². The normalized spacial score (nSPS) is 23.2. The van der Waals surface area contributed by atoms with Crippen LogP contribution in [0.1, 0.15) is 78.6 Å². The van der Waals surface area contributed by atoms with E-state index in [1.165, 1.54) is 57.8 Å². The van der Waals surface area contributed by atoms with Crippen LogP contribution in [0.2, 0.25) is 0 Å². The molecule has 0 radical (unpaired) electrons. The summed E-state index contributed by atoms with van der Waals surface area (Å²) in [6.45, 7) is 8.94. The summed E-state index contributed by atoms with van der Waals surface area (Å²) >= 11 is 0. The van der Waals surface area contributed by atoms with Crippen molar-refractivity contribution in [3.8, 4) is 0 Å². The first-order valence-corrected chi connectivity index (χ1v) is 8.65. The molecule has 0 saturated carbocycles. The summed E-state index contributed by atoms with van der Waals surface area (Å²) in [6, 6.07) is 0.662. The summed E-state index contributed by atoms with van der Waals surface area (Å²) in [7, 11) is 0. The van der Waals surface area contributed by atoms with Crippen LogP contribution in [0, 0.1) is 5.92 Å². The van der Waals surface area contributed by atoms with Gasteiger partial charge in [-0.25, -0.2) is 0 Å². The lowest BCUT2D eigenvalue weighted by molar-refractivity contribution is 0.00368. The van der Waals surface area contributed by atoms with Crippen molar-refractivity contribution in [2.45, 2.75) is 90.7 Å². The fourth-order valence-corrected chi connectivity index (χ4v) is 3.25. The van der Waals surface area contributed by atoms with E-state index in [1.54, 1.807) is 0 Å². The fourth-order valence-electron chi connectivity index (χ4n) is 3.25. The van der Waals surface area contributed by atoms with E-state index in [2.05, 4.69) is 26.1 Å². The third-order valence-electron chi connectivity index (χ3n) is 4.48. The lowest BCUT2D eigenvalue weighted by Gasteiger charge is -2.29. The van der Waals surface area contributed by atoms with Crippen molar-refractivity contribution in [1.29, 1.82) is 0 Å². The summed E-state index contributed by atoms with van der Waals surface area (Å²) in [5.41, 5.74) is 0. The van der Waals surface area contributed by atoms with Crippen molar-refractivity contribution in [3.63, 3.8) is 0 Å². The molecular weight excluding hydrogens is 234 g/mol. The van der Waals surface area contributed by atoms with Crippen LogP contribution >= 0.6 is 0 Å². The van der Waals surface area contributed by atoms with Crippen LogP contribution in [0.25, 0.3) is 0 Å². The lowest BCUT2D eigenvalue weighted by Crippen LogP contribution is -2.36. The molecule has 2 nitrogen and oxygen atoms in total. The average Bonchev–Trinajstić information content (AvgIpc) is 2.44. The number of unbranched alkanes of at least 4 members (excludes halogenated alkanes) is 1. The molecule has 1 aliphatic heterocycles. The first-order valence-electron chi connectivity index (χ1n) is 8.65. The summed E-state index contributed by atoms with van der Waals surface area (Å²) in [4.78, 5) is 0. The van der Waals surface area contributed by atoms with Gasteiger partial charge in [-0.05, 0) is 44.6 Å². The van der Waals surface area contributed by atoms with Crippen LogP contribution in [-0.4, -0.2) is 25.3 Å².